The second-order valence-electron chi connectivity index (χ2n) is 6.81. The van der Waals surface area contributed by atoms with Crippen LogP contribution in [0.2, 0.25) is 0 Å². The monoisotopic (exact) mass is 377 g/mol. The van der Waals surface area contributed by atoms with Crippen molar-refractivity contribution in [3.8, 4) is 11.5 Å². The summed E-state index contributed by atoms with van der Waals surface area (Å²) in [5.74, 6) is -0.0821. The van der Waals surface area contributed by atoms with Crippen LogP contribution in [0.4, 0.5) is 21.0 Å². The number of carbonyl (C=O) groups is 1. The molecule has 0 unspecified atom stereocenters. The van der Waals surface area contributed by atoms with E-state index in [1.165, 1.54) is 19.1 Å². The Labute approximate surface area is 154 Å². The van der Waals surface area contributed by atoms with Gasteiger partial charge >= 0.3 is 6.09 Å². The first-order valence-corrected chi connectivity index (χ1v) is 8.53. The fourth-order valence-electron chi connectivity index (χ4n) is 3.68. The smallest absolute Gasteiger partial charge is 0.407 e. The van der Waals surface area contributed by atoms with Gasteiger partial charge in [0.25, 0.3) is 0 Å². The second-order valence-corrected chi connectivity index (χ2v) is 6.81. The lowest BCUT2D eigenvalue weighted by molar-refractivity contribution is 0.132. The molecule has 1 saturated carbocycles. The van der Waals surface area contributed by atoms with Gasteiger partial charge < -0.3 is 30.1 Å². The van der Waals surface area contributed by atoms with Crippen LogP contribution >= 0.6 is 0 Å². The number of rotatable bonds is 3. The highest BCUT2D eigenvalue weighted by atomic mass is 19.1. The van der Waals surface area contributed by atoms with Crippen molar-refractivity contribution in [2.45, 2.75) is 18.4 Å². The van der Waals surface area contributed by atoms with Gasteiger partial charge in [-0.05, 0) is 18.9 Å². The summed E-state index contributed by atoms with van der Waals surface area (Å²) in [6.07, 6.45) is 0.710. The molecule has 1 amide bonds. The van der Waals surface area contributed by atoms with Crippen LogP contribution in [0.25, 0.3) is 10.9 Å². The lowest BCUT2D eigenvalue weighted by Crippen LogP contribution is -2.57. The Hall–Kier alpha value is -3.04. The number of nitrogen functional groups attached to an aromatic ring is 1. The third-order valence-electron chi connectivity index (χ3n) is 5.28. The molecule has 9 nitrogen and oxygen atoms in total. The first-order valence-electron chi connectivity index (χ1n) is 8.53. The number of carboxylic acid groups (broad SMARTS) is 1. The zero-order valence-corrected chi connectivity index (χ0v) is 15.0. The molecule has 1 aromatic heterocycles. The Morgan fingerprint density at radius 3 is 2.63 bits per heavy atom. The molecule has 1 spiro atoms. The molecule has 144 valence electrons. The van der Waals surface area contributed by atoms with E-state index in [9.17, 15) is 14.3 Å². The standard InChI is InChI=1S/C17H20FN5O4/c1-26-10-7-9-12(11(18)13(10)27-2)20-15(21-14(9)19)23-6-5-22(16(24)25)8-17(23)3-4-17/h7H,3-6,8H2,1-2H3,(H,24,25)(H2,19,20,21). The molecule has 0 atom stereocenters. The van der Waals surface area contributed by atoms with Crippen LogP contribution in [-0.2, 0) is 0 Å². The number of nitrogens with zero attached hydrogens (tertiary/aromatic N) is 4. The summed E-state index contributed by atoms with van der Waals surface area (Å²) in [6, 6.07) is 1.55. The van der Waals surface area contributed by atoms with E-state index in [4.69, 9.17) is 15.2 Å². The molecule has 1 aromatic carbocycles. The summed E-state index contributed by atoms with van der Waals surface area (Å²) in [7, 11) is 2.76. The highest BCUT2D eigenvalue weighted by Crippen LogP contribution is 2.46. The van der Waals surface area contributed by atoms with Gasteiger partial charge in [-0.3, -0.25) is 0 Å². The molecule has 2 heterocycles. The molecule has 0 bridgehead atoms. The van der Waals surface area contributed by atoms with Crippen molar-refractivity contribution in [1.29, 1.82) is 0 Å². The van der Waals surface area contributed by atoms with E-state index < -0.39 is 11.9 Å². The first-order chi connectivity index (χ1) is 12.9. The van der Waals surface area contributed by atoms with Crippen molar-refractivity contribution in [2.24, 2.45) is 0 Å². The Kier molecular flexibility index (Phi) is 3.86. The van der Waals surface area contributed by atoms with Gasteiger partial charge in [-0.1, -0.05) is 0 Å². The fourth-order valence-corrected chi connectivity index (χ4v) is 3.68. The van der Waals surface area contributed by atoms with Crippen LogP contribution in [0.5, 0.6) is 11.5 Å². The third-order valence-corrected chi connectivity index (χ3v) is 5.28. The zero-order chi connectivity index (χ0) is 19.3. The molecule has 1 aliphatic heterocycles. The molecule has 2 aliphatic rings. The van der Waals surface area contributed by atoms with Crippen molar-refractivity contribution in [1.82, 2.24) is 14.9 Å². The number of nitrogens with two attached hydrogens (primary N) is 1. The van der Waals surface area contributed by atoms with Gasteiger partial charge in [0.15, 0.2) is 17.3 Å². The summed E-state index contributed by atoms with van der Waals surface area (Å²) in [6.45, 7) is 1.12. The molecule has 27 heavy (non-hydrogen) atoms. The molecule has 3 N–H and O–H groups in total. The molecular formula is C17H20FN5O4. The molecule has 1 aliphatic carbocycles. The van der Waals surface area contributed by atoms with E-state index in [0.717, 1.165) is 12.8 Å². The largest absolute Gasteiger partial charge is 0.493 e. The van der Waals surface area contributed by atoms with Crippen molar-refractivity contribution in [3.05, 3.63) is 11.9 Å². The van der Waals surface area contributed by atoms with Gasteiger partial charge in [-0.15, -0.1) is 0 Å². The van der Waals surface area contributed by atoms with Gasteiger partial charge in [0.05, 0.1) is 19.8 Å². The number of methoxy groups -OCH3 is 2. The minimum atomic E-state index is -0.942. The Morgan fingerprint density at radius 1 is 1.30 bits per heavy atom. The topological polar surface area (TPSA) is 114 Å². The number of hydrogen-bond acceptors (Lipinski definition) is 7. The van der Waals surface area contributed by atoms with E-state index >= 15 is 0 Å². The number of hydrogen-bond donors (Lipinski definition) is 2. The summed E-state index contributed by atoms with van der Waals surface area (Å²) < 4.78 is 25.2. The molecule has 2 aromatic rings. The maximum Gasteiger partial charge on any atom is 0.407 e. The number of amides is 1. The minimum Gasteiger partial charge on any atom is -0.493 e. The van der Waals surface area contributed by atoms with E-state index in [-0.39, 0.29) is 28.4 Å². The van der Waals surface area contributed by atoms with Crippen molar-refractivity contribution >= 4 is 28.8 Å². The van der Waals surface area contributed by atoms with Gasteiger partial charge in [0, 0.05) is 25.0 Å². The lowest BCUT2D eigenvalue weighted by Gasteiger charge is -2.41. The molecule has 0 radical (unpaired) electrons. The number of fused-ring (bicyclic) bond motifs is 1. The van der Waals surface area contributed by atoms with Gasteiger partial charge in [0.2, 0.25) is 5.95 Å². The number of anilines is 2. The molecular weight excluding hydrogens is 357 g/mol. The van der Waals surface area contributed by atoms with E-state index in [1.807, 2.05) is 4.90 Å². The number of halogens is 1. The van der Waals surface area contributed by atoms with Crippen LogP contribution in [-0.4, -0.2) is 65.5 Å². The SMILES string of the molecule is COc1cc2c(N)nc(N3CCN(C(=O)O)CC34CC4)nc2c(F)c1OC. The lowest BCUT2D eigenvalue weighted by atomic mass is 10.1. The van der Waals surface area contributed by atoms with E-state index in [1.54, 1.807) is 6.07 Å². The van der Waals surface area contributed by atoms with Crippen LogP contribution in [0.3, 0.4) is 0 Å². The quantitative estimate of drug-likeness (QED) is 0.831. The second kappa shape index (κ2) is 6.00. The molecule has 4 rings (SSSR count). The molecule has 1 saturated heterocycles. The minimum absolute atomic E-state index is 0.0478. The number of benzene rings is 1. The predicted octanol–water partition coefficient (Wildman–Crippen LogP) is 1.70. The zero-order valence-electron chi connectivity index (χ0n) is 15.0. The van der Waals surface area contributed by atoms with Crippen LogP contribution in [0.15, 0.2) is 6.07 Å². The first kappa shape index (κ1) is 17.4. The number of aromatic nitrogens is 2. The highest BCUT2D eigenvalue weighted by molar-refractivity contribution is 5.92. The van der Waals surface area contributed by atoms with E-state index in [2.05, 4.69) is 9.97 Å². The predicted molar refractivity (Wildman–Crippen MR) is 95.9 cm³/mol. The van der Waals surface area contributed by atoms with Crippen LogP contribution < -0.4 is 20.1 Å². The summed E-state index contributed by atoms with van der Waals surface area (Å²) in [4.78, 5) is 23.4. The van der Waals surface area contributed by atoms with Gasteiger partial charge in [0.1, 0.15) is 11.3 Å². The maximum absolute atomic E-state index is 15.0. The van der Waals surface area contributed by atoms with Gasteiger partial charge in [-0.2, -0.15) is 4.98 Å². The van der Waals surface area contributed by atoms with Crippen LogP contribution in [0.1, 0.15) is 12.8 Å². The summed E-state index contributed by atoms with van der Waals surface area (Å²) in [5.41, 5.74) is 5.79. The normalized spacial score (nSPS) is 18.0. The van der Waals surface area contributed by atoms with Crippen molar-refractivity contribution < 1.29 is 23.8 Å². The van der Waals surface area contributed by atoms with Crippen molar-refractivity contribution in [2.75, 3.05) is 44.5 Å². The number of piperazine rings is 1. The van der Waals surface area contributed by atoms with Gasteiger partial charge in [-0.25, -0.2) is 14.2 Å². The maximum atomic E-state index is 15.0. The van der Waals surface area contributed by atoms with E-state index in [0.29, 0.717) is 31.0 Å². The molecule has 2 fully saturated rings. The van der Waals surface area contributed by atoms with Crippen molar-refractivity contribution in [3.63, 3.8) is 0 Å². The average molecular weight is 377 g/mol. The number of ether oxygens (including phenoxy) is 2. The fraction of sp³-hybridized carbons (Fsp3) is 0.471. The summed E-state index contributed by atoms with van der Waals surface area (Å²) >= 11 is 0. The third kappa shape index (κ3) is 2.63. The Bertz CT molecular complexity index is 933. The highest BCUT2D eigenvalue weighted by Gasteiger charge is 2.53. The Balaban J connectivity index is 1.80. The van der Waals surface area contributed by atoms with Crippen LogP contribution in [0, 0.1) is 5.82 Å². The Morgan fingerprint density at radius 2 is 2.04 bits per heavy atom. The molecule has 10 heteroatoms. The summed E-state index contributed by atoms with van der Waals surface area (Å²) in [5, 5.41) is 9.60. The average Bonchev–Trinajstić information content (AvgIpc) is 3.41.